The van der Waals surface area contributed by atoms with Crippen LogP contribution in [-0.2, 0) is 20.9 Å². The summed E-state index contributed by atoms with van der Waals surface area (Å²) in [6, 6.07) is 17.8. The molecule has 1 aliphatic rings. The fourth-order valence-electron chi connectivity index (χ4n) is 5.05. The summed E-state index contributed by atoms with van der Waals surface area (Å²) in [4.78, 5) is 37.4. The number of hydrogen-bond donors (Lipinski definition) is 3. The Morgan fingerprint density at radius 1 is 1.09 bits per heavy atom. The third kappa shape index (κ3) is 7.12. The fourth-order valence-corrected chi connectivity index (χ4v) is 5.05. The van der Waals surface area contributed by atoms with Crippen molar-refractivity contribution in [1.29, 1.82) is 0 Å². The van der Waals surface area contributed by atoms with Gasteiger partial charge in [-0.2, -0.15) is 5.10 Å². The highest BCUT2D eigenvalue weighted by Gasteiger charge is 2.32. The number of para-hydroxylation sites is 1. The Labute approximate surface area is 258 Å². The Kier molecular flexibility index (Phi) is 9.42. The standard InChI is InChI=1S/C33H32FN5O6/c1-4-44-32(41)30-20(2)36-33(42)37-31(30)22-11-14-27(28(15-22)43-3)45-19-29(40)38-35-16-23-18-39(26-8-6-5-7-25(23)26)17-21-9-12-24(34)13-10-21/h5-16,18,31H,4,17,19H2,1-3H3,(H,38,40)(H2,36,37,42)/b35-16-/t31-/m1/s1. The molecular formula is C33H32FN5O6. The van der Waals surface area contributed by atoms with E-state index in [0.29, 0.717) is 23.6 Å². The highest BCUT2D eigenvalue weighted by molar-refractivity contribution is 6.00. The molecule has 0 radical (unpaired) electrons. The number of methoxy groups -OCH3 is 1. The highest BCUT2D eigenvalue weighted by atomic mass is 19.1. The zero-order valence-electron chi connectivity index (χ0n) is 24.9. The number of nitrogens with one attached hydrogen (secondary N) is 3. The van der Waals surface area contributed by atoms with Gasteiger partial charge < -0.3 is 29.4 Å². The van der Waals surface area contributed by atoms with Crippen LogP contribution in [0.4, 0.5) is 9.18 Å². The summed E-state index contributed by atoms with van der Waals surface area (Å²) < 4.78 is 31.7. The first kappa shape index (κ1) is 30.8. The molecule has 232 valence electrons. The first-order chi connectivity index (χ1) is 21.8. The van der Waals surface area contributed by atoms with E-state index < -0.39 is 23.9 Å². The number of carbonyl (C=O) groups excluding carboxylic acids is 3. The van der Waals surface area contributed by atoms with Gasteiger partial charge in [0.05, 0.1) is 31.5 Å². The number of ether oxygens (including phenoxy) is 3. The van der Waals surface area contributed by atoms with Crippen LogP contribution in [0.15, 0.2) is 89.3 Å². The smallest absolute Gasteiger partial charge is 0.338 e. The second-order valence-corrected chi connectivity index (χ2v) is 10.1. The molecular weight excluding hydrogens is 581 g/mol. The zero-order valence-corrected chi connectivity index (χ0v) is 24.9. The minimum Gasteiger partial charge on any atom is -0.493 e. The Bertz CT molecular complexity index is 1800. The third-order valence-electron chi connectivity index (χ3n) is 7.12. The van der Waals surface area contributed by atoms with E-state index >= 15 is 0 Å². The molecule has 45 heavy (non-hydrogen) atoms. The number of amides is 3. The lowest BCUT2D eigenvalue weighted by Gasteiger charge is -2.28. The summed E-state index contributed by atoms with van der Waals surface area (Å²) in [6.07, 6.45) is 3.47. The average molecular weight is 614 g/mol. The van der Waals surface area contributed by atoms with E-state index in [1.165, 1.54) is 19.2 Å². The first-order valence-corrected chi connectivity index (χ1v) is 14.2. The maximum Gasteiger partial charge on any atom is 0.338 e. The predicted molar refractivity (Wildman–Crippen MR) is 165 cm³/mol. The largest absolute Gasteiger partial charge is 0.493 e. The number of hydrazone groups is 1. The molecule has 0 bridgehead atoms. The molecule has 5 rings (SSSR count). The minimum atomic E-state index is -0.778. The second kappa shape index (κ2) is 13.8. The van der Waals surface area contributed by atoms with Crippen molar-refractivity contribution in [1.82, 2.24) is 20.6 Å². The van der Waals surface area contributed by atoms with Crippen LogP contribution in [0, 0.1) is 5.82 Å². The van der Waals surface area contributed by atoms with Gasteiger partial charge in [0.2, 0.25) is 0 Å². The number of nitrogens with zero attached hydrogens (tertiary/aromatic N) is 2. The summed E-state index contributed by atoms with van der Waals surface area (Å²) >= 11 is 0. The van der Waals surface area contributed by atoms with E-state index in [2.05, 4.69) is 21.2 Å². The molecule has 3 aromatic carbocycles. The summed E-state index contributed by atoms with van der Waals surface area (Å²) in [6.45, 7) is 3.69. The van der Waals surface area contributed by atoms with Crippen LogP contribution in [0.5, 0.6) is 11.5 Å². The molecule has 1 atom stereocenters. The fraction of sp³-hybridized carbons (Fsp3) is 0.212. The van der Waals surface area contributed by atoms with Crippen LogP contribution in [-0.4, -0.2) is 49.0 Å². The molecule has 1 aliphatic heterocycles. The van der Waals surface area contributed by atoms with Gasteiger partial charge in [-0.15, -0.1) is 0 Å². The highest BCUT2D eigenvalue weighted by Crippen LogP contribution is 2.34. The number of allylic oxidation sites excluding steroid dienone is 1. The SMILES string of the molecule is CCOC(=O)C1=C(C)NC(=O)N[C@@H]1c1ccc(OCC(=O)N/N=C\c2cn(Cc3ccc(F)cc3)c3ccccc23)c(OC)c1. The molecule has 0 saturated heterocycles. The summed E-state index contributed by atoms with van der Waals surface area (Å²) in [5.41, 5.74) is 6.39. The molecule has 1 aromatic heterocycles. The van der Waals surface area contributed by atoms with Gasteiger partial charge in [0.1, 0.15) is 5.82 Å². The number of hydrogen-bond acceptors (Lipinski definition) is 7. The van der Waals surface area contributed by atoms with E-state index in [1.54, 1.807) is 50.4 Å². The molecule has 3 N–H and O–H groups in total. The van der Waals surface area contributed by atoms with Gasteiger partial charge in [0.25, 0.3) is 5.91 Å². The lowest BCUT2D eigenvalue weighted by atomic mass is 9.95. The van der Waals surface area contributed by atoms with E-state index in [0.717, 1.165) is 22.0 Å². The van der Waals surface area contributed by atoms with Crippen molar-refractivity contribution >= 4 is 35.0 Å². The van der Waals surface area contributed by atoms with Crippen molar-refractivity contribution in [3.05, 3.63) is 107 Å². The number of carbonyl (C=O) groups is 3. The van der Waals surface area contributed by atoms with Gasteiger partial charge in [-0.25, -0.2) is 19.4 Å². The molecule has 3 amide bonds. The van der Waals surface area contributed by atoms with E-state index in [4.69, 9.17) is 14.2 Å². The molecule has 0 spiro atoms. The van der Waals surface area contributed by atoms with Crippen molar-refractivity contribution in [3.8, 4) is 11.5 Å². The molecule has 0 saturated carbocycles. The van der Waals surface area contributed by atoms with Crippen LogP contribution in [0.3, 0.4) is 0 Å². The first-order valence-electron chi connectivity index (χ1n) is 14.2. The van der Waals surface area contributed by atoms with Gasteiger partial charge in [-0.05, 0) is 55.3 Å². The molecule has 0 aliphatic carbocycles. The van der Waals surface area contributed by atoms with E-state index in [1.807, 2.05) is 35.0 Å². The molecule has 0 fully saturated rings. The van der Waals surface area contributed by atoms with Crippen LogP contribution in [0.25, 0.3) is 10.9 Å². The average Bonchev–Trinajstić information content (AvgIpc) is 3.37. The van der Waals surface area contributed by atoms with E-state index in [-0.39, 0.29) is 30.4 Å². The number of aromatic nitrogens is 1. The normalized spacial score (nSPS) is 14.7. The van der Waals surface area contributed by atoms with Crippen LogP contribution < -0.4 is 25.5 Å². The second-order valence-electron chi connectivity index (χ2n) is 10.1. The summed E-state index contributed by atoms with van der Waals surface area (Å²) in [5.74, 6) is -0.764. The minimum absolute atomic E-state index is 0.180. The lowest BCUT2D eigenvalue weighted by molar-refractivity contribution is -0.139. The predicted octanol–water partition coefficient (Wildman–Crippen LogP) is 4.56. The Morgan fingerprint density at radius 2 is 1.87 bits per heavy atom. The maximum absolute atomic E-state index is 13.3. The quantitative estimate of drug-likeness (QED) is 0.129. The van der Waals surface area contributed by atoms with Crippen molar-refractivity contribution in [2.75, 3.05) is 20.3 Å². The number of rotatable bonds is 11. The van der Waals surface area contributed by atoms with Gasteiger partial charge >= 0.3 is 12.0 Å². The maximum atomic E-state index is 13.3. The summed E-state index contributed by atoms with van der Waals surface area (Å²) in [5, 5.41) is 10.4. The van der Waals surface area contributed by atoms with E-state index in [9.17, 15) is 18.8 Å². The number of fused-ring (bicyclic) bond motifs is 1. The lowest BCUT2D eigenvalue weighted by Crippen LogP contribution is -2.45. The topological polar surface area (TPSA) is 132 Å². The Balaban J connectivity index is 1.24. The van der Waals surface area contributed by atoms with Crippen LogP contribution in [0.2, 0.25) is 0 Å². The Morgan fingerprint density at radius 3 is 2.62 bits per heavy atom. The zero-order chi connectivity index (χ0) is 31.9. The molecule has 2 heterocycles. The monoisotopic (exact) mass is 613 g/mol. The van der Waals surface area contributed by atoms with Crippen molar-refractivity contribution in [2.45, 2.75) is 26.4 Å². The summed E-state index contributed by atoms with van der Waals surface area (Å²) in [7, 11) is 1.44. The van der Waals surface area contributed by atoms with Crippen molar-refractivity contribution in [3.63, 3.8) is 0 Å². The van der Waals surface area contributed by atoms with Crippen LogP contribution in [0.1, 0.15) is 36.6 Å². The Hall–Kier alpha value is -5.65. The van der Waals surface area contributed by atoms with Crippen LogP contribution >= 0.6 is 0 Å². The number of benzene rings is 3. The van der Waals surface area contributed by atoms with Gasteiger partial charge in [0, 0.05) is 34.9 Å². The third-order valence-corrected chi connectivity index (χ3v) is 7.12. The molecule has 4 aromatic rings. The number of urea groups is 1. The van der Waals surface area contributed by atoms with Crippen molar-refractivity contribution < 1.29 is 33.0 Å². The van der Waals surface area contributed by atoms with Crippen molar-refractivity contribution in [2.24, 2.45) is 5.10 Å². The number of esters is 1. The molecule has 11 nitrogen and oxygen atoms in total. The molecule has 0 unspecified atom stereocenters. The van der Waals surface area contributed by atoms with Gasteiger partial charge in [-0.1, -0.05) is 36.4 Å². The van der Waals surface area contributed by atoms with Gasteiger partial charge in [0.15, 0.2) is 18.1 Å². The van der Waals surface area contributed by atoms with Gasteiger partial charge in [-0.3, -0.25) is 4.79 Å². The molecule has 12 heteroatoms. The number of halogens is 1.